The Morgan fingerprint density at radius 2 is 1.88 bits per heavy atom. The first-order valence-electron chi connectivity index (χ1n) is 6.81. The van der Waals surface area contributed by atoms with E-state index in [0.29, 0.717) is 0 Å². The van der Waals surface area contributed by atoms with E-state index in [2.05, 4.69) is 50.1 Å². The Morgan fingerprint density at radius 3 is 2.47 bits per heavy atom. The Morgan fingerprint density at radius 1 is 1.18 bits per heavy atom. The molecule has 0 aromatic carbocycles. The third-order valence-corrected chi connectivity index (χ3v) is 3.51. The third kappa shape index (κ3) is 5.05. The molecule has 98 valence electrons. The van der Waals surface area contributed by atoms with Crippen molar-refractivity contribution in [2.24, 2.45) is 0 Å². The molecule has 17 heavy (non-hydrogen) atoms. The molecule has 1 fully saturated rings. The number of allylic oxidation sites excluding steroid dienone is 3. The summed E-state index contributed by atoms with van der Waals surface area (Å²) in [7, 11) is 2.19. The highest BCUT2D eigenvalue weighted by molar-refractivity contribution is 4.98. The third-order valence-electron chi connectivity index (χ3n) is 3.51. The molecule has 0 amide bonds. The smallest absolute Gasteiger partial charge is 0.0741 e. The molecule has 1 heterocycles. The molecule has 2 heteroatoms. The summed E-state index contributed by atoms with van der Waals surface area (Å²) in [6, 6.07) is 0. The van der Waals surface area contributed by atoms with Crippen LogP contribution in [-0.2, 0) is 4.74 Å². The van der Waals surface area contributed by atoms with Crippen LogP contribution in [0.2, 0.25) is 0 Å². The molecule has 1 aliphatic heterocycles. The summed E-state index contributed by atoms with van der Waals surface area (Å²) in [5, 5.41) is 0. The fourth-order valence-electron chi connectivity index (χ4n) is 2.35. The van der Waals surface area contributed by atoms with Crippen molar-refractivity contribution in [3.8, 4) is 0 Å². The number of piperidine rings is 1. The lowest BCUT2D eigenvalue weighted by Gasteiger charge is -2.40. The van der Waals surface area contributed by atoms with E-state index in [9.17, 15) is 0 Å². The van der Waals surface area contributed by atoms with Crippen LogP contribution in [0.5, 0.6) is 0 Å². The molecule has 0 aromatic heterocycles. The Kier molecular flexibility index (Phi) is 6.53. The second-order valence-electron chi connectivity index (χ2n) is 4.90. The van der Waals surface area contributed by atoms with Crippen LogP contribution in [0.25, 0.3) is 0 Å². The molecule has 1 aliphatic rings. The molecule has 0 N–H and O–H groups in total. The Bertz CT molecular complexity index is 250. The van der Waals surface area contributed by atoms with E-state index < -0.39 is 0 Å². The molecule has 2 nitrogen and oxygen atoms in total. The maximum Gasteiger partial charge on any atom is 0.0741 e. The minimum absolute atomic E-state index is 0.105. The molecule has 0 atom stereocenters. The van der Waals surface area contributed by atoms with Gasteiger partial charge in [-0.1, -0.05) is 24.3 Å². The summed E-state index contributed by atoms with van der Waals surface area (Å²) < 4.78 is 6.03. The van der Waals surface area contributed by atoms with Crippen LogP contribution >= 0.6 is 0 Å². The highest BCUT2D eigenvalue weighted by atomic mass is 16.5. The number of likely N-dealkylation sites (tertiary alicyclic amines) is 1. The molecular formula is C15H27NO. The quantitative estimate of drug-likeness (QED) is 0.656. The van der Waals surface area contributed by atoms with Gasteiger partial charge >= 0.3 is 0 Å². The standard InChI is InChI=1S/C15H27NO/c1-4-6-7-8-9-10-15(17-5-2)11-13-16(3)14-12-15/h4,6,8-9H,5,7,10-14H2,1-3H3/b6-4-,9-8-. The largest absolute Gasteiger partial charge is 0.375 e. The molecule has 0 unspecified atom stereocenters. The first kappa shape index (κ1) is 14.5. The maximum atomic E-state index is 6.03. The maximum absolute atomic E-state index is 6.03. The average Bonchev–Trinajstić information content (AvgIpc) is 2.33. The zero-order chi connectivity index (χ0) is 12.6. The molecule has 0 radical (unpaired) electrons. The fraction of sp³-hybridized carbons (Fsp3) is 0.733. The fourth-order valence-corrected chi connectivity index (χ4v) is 2.35. The van der Waals surface area contributed by atoms with E-state index in [-0.39, 0.29) is 5.60 Å². The van der Waals surface area contributed by atoms with Crippen molar-refractivity contribution in [2.45, 2.75) is 45.1 Å². The van der Waals surface area contributed by atoms with Crippen LogP contribution in [0, 0.1) is 0 Å². The molecule has 0 spiro atoms. The van der Waals surface area contributed by atoms with Crippen LogP contribution < -0.4 is 0 Å². The van der Waals surface area contributed by atoms with E-state index in [1.807, 2.05) is 0 Å². The normalized spacial score (nSPS) is 21.6. The highest BCUT2D eigenvalue weighted by Crippen LogP contribution is 2.29. The van der Waals surface area contributed by atoms with Crippen molar-refractivity contribution in [1.29, 1.82) is 0 Å². The van der Waals surface area contributed by atoms with Crippen LogP contribution in [0.3, 0.4) is 0 Å². The Balaban J connectivity index is 2.44. The second-order valence-corrected chi connectivity index (χ2v) is 4.90. The SMILES string of the molecule is C/C=C\C/C=C\CC1(OCC)CCN(C)CC1. The van der Waals surface area contributed by atoms with Crippen molar-refractivity contribution >= 4 is 0 Å². The van der Waals surface area contributed by atoms with E-state index >= 15 is 0 Å². The van der Waals surface area contributed by atoms with Gasteiger partial charge in [0.1, 0.15) is 0 Å². The van der Waals surface area contributed by atoms with Crippen LogP contribution in [0.1, 0.15) is 39.5 Å². The van der Waals surface area contributed by atoms with Gasteiger partial charge in [0.05, 0.1) is 5.60 Å². The zero-order valence-electron chi connectivity index (χ0n) is 11.6. The van der Waals surface area contributed by atoms with Crippen LogP contribution in [0.15, 0.2) is 24.3 Å². The van der Waals surface area contributed by atoms with E-state index in [0.717, 1.165) is 45.4 Å². The summed E-state index contributed by atoms with van der Waals surface area (Å²) >= 11 is 0. The summed E-state index contributed by atoms with van der Waals surface area (Å²) in [5.74, 6) is 0. The summed E-state index contributed by atoms with van der Waals surface area (Å²) in [6.07, 6.45) is 13.2. The lowest BCUT2D eigenvalue weighted by molar-refractivity contribution is -0.0737. The predicted octanol–water partition coefficient (Wildman–Crippen LogP) is 3.40. The van der Waals surface area contributed by atoms with Crippen molar-refractivity contribution in [1.82, 2.24) is 4.90 Å². The molecule has 0 bridgehead atoms. The topological polar surface area (TPSA) is 12.5 Å². The lowest BCUT2D eigenvalue weighted by atomic mass is 9.87. The zero-order valence-corrected chi connectivity index (χ0v) is 11.6. The first-order chi connectivity index (χ1) is 8.22. The molecule has 0 saturated carbocycles. The van der Waals surface area contributed by atoms with Gasteiger partial charge in [0.25, 0.3) is 0 Å². The number of hydrogen-bond acceptors (Lipinski definition) is 2. The summed E-state index contributed by atoms with van der Waals surface area (Å²) in [4.78, 5) is 2.39. The van der Waals surface area contributed by atoms with Gasteiger partial charge in [0, 0.05) is 19.7 Å². The Labute approximate surface area is 106 Å². The highest BCUT2D eigenvalue weighted by Gasteiger charge is 2.32. The second kappa shape index (κ2) is 7.67. The molecule has 1 saturated heterocycles. The number of nitrogens with zero attached hydrogens (tertiary/aromatic N) is 1. The molecule has 0 aliphatic carbocycles. The summed E-state index contributed by atoms with van der Waals surface area (Å²) in [6.45, 7) is 7.30. The van der Waals surface area contributed by atoms with E-state index in [1.54, 1.807) is 0 Å². The average molecular weight is 237 g/mol. The summed E-state index contributed by atoms with van der Waals surface area (Å²) in [5.41, 5.74) is 0.105. The molecule has 0 aromatic rings. The predicted molar refractivity (Wildman–Crippen MR) is 74.3 cm³/mol. The van der Waals surface area contributed by atoms with Gasteiger partial charge in [-0.2, -0.15) is 0 Å². The van der Waals surface area contributed by atoms with Gasteiger partial charge in [-0.05, 0) is 46.6 Å². The number of ether oxygens (including phenoxy) is 1. The van der Waals surface area contributed by atoms with Gasteiger partial charge < -0.3 is 9.64 Å². The monoisotopic (exact) mass is 237 g/mol. The lowest BCUT2D eigenvalue weighted by Crippen LogP contribution is -2.44. The van der Waals surface area contributed by atoms with Gasteiger partial charge in [-0.3, -0.25) is 0 Å². The minimum Gasteiger partial charge on any atom is -0.375 e. The first-order valence-corrected chi connectivity index (χ1v) is 6.81. The van der Waals surface area contributed by atoms with E-state index in [1.165, 1.54) is 0 Å². The van der Waals surface area contributed by atoms with Crippen LogP contribution in [-0.4, -0.2) is 37.2 Å². The minimum atomic E-state index is 0.105. The number of hydrogen-bond donors (Lipinski definition) is 0. The number of rotatable bonds is 6. The van der Waals surface area contributed by atoms with Crippen molar-refractivity contribution in [2.75, 3.05) is 26.7 Å². The Hall–Kier alpha value is -0.600. The molecular weight excluding hydrogens is 210 g/mol. The van der Waals surface area contributed by atoms with E-state index in [4.69, 9.17) is 4.74 Å². The van der Waals surface area contributed by atoms with Crippen LogP contribution in [0.4, 0.5) is 0 Å². The van der Waals surface area contributed by atoms with Crippen molar-refractivity contribution in [3.05, 3.63) is 24.3 Å². The van der Waals surface area contributed by atoms with Gasteiger partial charge in [-0.25, -0.2) is 0 Å². The van der Waals surface area contributed by atoms with Crippen molar-refractivity contribution < 1.29 is 4.74 Å². The van der Waals surface area contributed by atoms with Crippen molar-refractivity contribution in [3.63, 3.8) is 0 Å². The van der Waals surface area contributed by atoms with Gasteiger partial charge in [0.2, 0.25) is 0 Å². The van der Waals surface area contributed by atoms with Gasteiger partial charge in [-0.15, -0.1) is 0 Å². The molecule has 1 rings (SSSR count). The van der Waals surface area contributed by atoms with Gasteiger partial charge in [0.15, 0.2) is 0 Å².